The van der Waals surface area contributed by atoms with Crippen LogP contribution in [0.3, 0.4) is 0 Å². The molecule has 18 heavy (non-hydrogen) atoms. The molecule has 0 amide bonds. The lowest BCUT2D eigenvalue weighted by atomic mass is 10.0. The van der Waals surface area contributed by atoms with Crippen LogP contribution < -0.4 is 5.32 Å². The number of thiazole rings is 1. The molecular weight excluding hydrogens is 240 g/mol. The predicted octanol–water partition coefficient (Wildman–Crippen LogP) is 3.71. The zero-order valence-electron chi connectivity index (χ0n) is 11.2. The molecule has 1 atom stereocenters. The van der Waals surface area contributed by atoms with Crippen LogP contribution in [0.5, 0.6) is 0 Å². The summed E-state index contributed by atoms with van der Waals surface area (Å²) in [5.74, 6) is 0. The third-order valence-corrected chi connectivity index (χ3v) is 4.18. The van der Waals surface area contributed by atoms with Crippen molar-refractivity contribution in [2.45, 2.75) is 32.7 Å². The van der Waals surface area contributed by atoms with Crippen molar-refractivity contribution in [2.24, 2.45) is 0 Å². The van der Waals surface area contributed by atoms with Crippen molar-refractivity contribution < 1.29 is 0 Å². The maximum absolute atomic E-state index is 4.34. The van der Waals surface area contributed by atoms with E-state index in [4.69, 9.17) is 0 Å². The average Bonchev–Trinajstić information content (AvgIpc) is 2.79. The van der Waals surface area contributed by atoms with Gasteiger partial charge in [-0.15, -0.1) is 11.3 Å². The Hall–Kier alpha value is -1.19. The molecule has 0 fully saturated rings. The van der Waals surface area contributed by atoms with E-state index in [1.54, 1.807) is 11.3 Å². The van der Waals surface area contributed by atoms with Gasteiger partial charge in [-0.25, -0.2) is 4.98 Å². The first-order chi connectivity index (χ1) is 8.76. The fourth-order valence-electron chi connectivity index (χ4n) is 2.20. The molecule has 0 radical (unpaired) electrons. The second-order valence-corrected chi connectivity index (χ2v) is 5.40. The Morgan fingerprint density at radius 2 is 2.00 bits per heavy atom. The zero-order chi connectivity index (χ0) is 13.0. The van der Waals surface area contributed by atoms with Crippen molar-refractivity contribution in [2.75, 3.05) is 7.05 Å². The minimum atomic E-state index is 0.258. The molecule has 2 rings (SSSR count). The van der Waals surface area contributed by atoms with Gasteiger partial charge < -0.3 is 5.32 Å². The van der Waals surface area contributed by atoms with Crippen LogP contribution in [-0.4, -0.2) is 12.0 Å². The smallest absolute Gasteiger partial charge is 0.0798 e. The van der Waals surface area contributed by atoms with Crippen LogP contribution in [0.2, 0.25) is 0 Å². The first-order valence-electron chi connectivity index (χ1n) is 6.42. The summed E-state index contributed by atoms with van der Waals surface area (Å²) in [6.45, 7) is 4.28. The average molecular weight is 260 g/mol. The van der Waals surface area contributed by atoms with E-state index in [9.17, 15) is 0 Å². The van der Waals surface area contributed by atoms with Crippen molar-refractivity contribution in [3.05, 3.63) is 51.5 Å². The van der Waals surface area contributed by atoms with Crippen LogP contribution in [0.15, 0.2) is 29.8 Å². The van der Waals surface area contributed by atoms with Crippen molar-refractivity contribution in [1.29, 1.82) is 0 Å². The number of nitrogens with one attached hydrogen (secondary N) is 1. The third kappa shape index (κ3) is 2.79. The minimum Gasteiger partial charge on any atom is -0.309 e. The maximum Gasteiger partial charge on any atom is 0.0798 e. The summed E-state index contributed by atoms with van der Waals surface area (Å²) >= 11 is 1.72. The third-order valence-electron chi connectivity index (χ3n) is 3.19. The lowest BCUT2D eigenvalue weighted by Crippen LogP contribution is -2.17. The molecule has 2 aromatic rings. The molecule has 1 N–H and O–H groups in total. The number of aryl methyl sites for hydroxylation is 2. The molecule has 1 heterocycles. The molecule has 0 aliphatic rings. The molecule has 1 aromatic carbocycles. The Labute approximate surface area is 113 Å². The largest absolute Gasteiger partial charge is 0.309 e. The van der Waals surface area contributed by atoms with Gasteiger partial charge in [0.1, 0.15) is 0 Å². The second kappa shape index (κ2) is 6.12. The highest BCUT2D eigenvalue weighted by Gasteiger charge is 2.16. The summed E-state index contributed by atoms with van der Waals surface area (Å²) in [5, 5.41) is 3.38. The molecule has 1 aromatic heterocycles. The predicted molar refractivity (Wildman–Crippen MR) is 78.2 cm³/mol. The van der Waals surface area contributed by atoms with Gasteiger partial charge in [0.2, 0.25) is 0 Å². The fourth-order valence-corrected chi connectivity index (χ4v) is 3.14. The van der Waals surface area contributed by atoms with Gasteiger partial charge in [0.15, 0.2) is 0 Å². The van der Waals surface area contributed by atoms with E-state index in [0.29, 0.717) is 0 Å². The number of hydrogen-bond acceptors (Lipinski definition) is 3. The Morgan fingerprint density at radius 1 is 1.28 bits per heavy atom. The highest BCUT2D eigenvalue weighted by atomic mass is 32.1. The number of rotatable bonds is 5. The molecule has 0 aliphatic carbocycles. The zero-order valence-corrected chi connectivity index (χ0v) is 12.1. The number of nitrogens with zero attached hydrogens (tertiary/aromatic N) is 1. The van der Waals surface area contributed by atoms with Crippen molar-refractivity contribution in [1.82, 2.24) is 10.3 Å². The van der Waals surface area contributed by atoms with Gasteiger partial charge in [-0.3, -0.25) is 0 Å². The molecule has 1 unspecified atom stereocenters. The lowest BCUT2D eigenvalue weighted by Gasteiger charge is -2.16. The van der Waals surface area contributed by atoms with E-state index in [1.165, 1.54) is 22.4 Å². The van der Waals surface area contributed by atoms with Crippen molar-refractivity contribution >= 4 is 11.3 Å². The van der Waals surface area contributed by atoms with Crippen LogP contribution in [0.1, 0.15) is 41.1 Å². The summed E-state index contributed by atoms with van der Waals surface area (Å²) in [6, 6.07) is 9.18. The Morgan fingerprint density at radius 3 is 2.50 bits per heavy atom. The van der Waals surface area contributed by atoms with Gasteiger partial charge in [-0.2, -0.15) is 0 Å². The number of aromatic nitrogens is 1. The molecule has 0 aliphatic heterocycles. The summed E-state index contributed by atoms with van der Waals surface area (Å²) in [6.07, 6.45) is 2.35. The summed E-state index contributed by atoms with van der Waals surface area (Å²) in [5.41, 5.74) is 5.76. The highest BCUT2D eigenvalue weighted by Crippen LogP contribution is 2.27. The molecule has 3 heteroatoms. The second-order valence-electron chi connectivity index (χ2n) is 4.52. The van der Waals surface area contributed by atoms with Gasteiger partial charge in [0.05, 0.1) is 17.2 Å². The van der Waals surface area contributed by atoms with Gasteiger partial charge in [-0.05, 0) is 31.5 Å². The Bertz CT molecular complexity index is 487. The first kappa shape index (κ1) is 13.2. The number of hydrogen-bond donors (Lipinski definition) is 1. The summed E-state index contributed by atoms with van der Waals surface area (Å²) < 4.78 is 0. The molecule has 0 bridgehead atoms. The van der Waals surface area contributed by atoms with Gasteiger partial charge >= 0.3 is 0 Å². The van der Waals surface area contributed by atoms with Crippen LogP contribution in [0.25, 0.3) is 0 Å². The van der Waals surface area contributed by atoms with Gasteiger partial charge in [0.25, 0.3) is 0 Å². The van der Waals surface area contributed by atoms with Crippen LogP contribution in [0, 0.1) is 6.92 Å². The van der Waals surface area contributed by atoms with E-state index in [-0.39, 0.29) is 6.04 Å². The van der Waals surface area contributed by atoms with Gasteiger partial charge in [-0.1, -0.05) is 37.6 Å². The van der Waals surface area contributed by atoms with Crippen LogP contribution >= 0.6 is 11.3 Å². The Balaban J connectivity index is 2.25. The quantitative estimate of drug-likeness (QED) is 0.886. The first-order valence-corrected chi connectivity index (χ1v) is 7.30. The van der Waals surface area contributed by atoms with E-state index in [2.05, 4.69) is 48.4 Å². The lowest BCUT2D eigenvalue weighted by molar-refractivity contribution is 0.697. The van der Waals surface area contributed by atoms with Gasteiger partial charge in [0, 0.05) is 4.88 Å². The summed E-state index contributed by atoms with van der Waals surface area (Å²) in [7, 11) is 2.00. The van der Waals surface area contributed by atoms with Crippen molar-refractivity contribution in [3.63, 3.8) is 0 Å². The topological polar surface area (TPSA) is 24.9 Å². The molecule has 0 saturated carbocycles. The van der Waals surface area contributed by atoms with Crippen LogP contribution in [-0.2, 0) is 6.42 Å². The fraction of sp³-hybridized carbons (Fsp3) is 0.400. The molecule has 0 saturated heterocycles. The van der Waals surface area contributed by atoms with E-state index in [0.717, 1.165) is 12.1 Å². The monoisotopic (exact) mass is 260 g/mol. The maximum atomic E-state index is 4.34. The van der Waals surface area contributed by atoms with E-state index >= 15 is 0 Å². The molecule has 2 nitrogen and oxygen atoms in total. The minimum absolute atomic E-state index is 0.258. The molecule has 0 spiro atoms. The van der Waals surface area contributed by atoms with Crippen LogP contribution in [0.4, 0.5) is 0 Å². The Kier molecular flexibility index (Phi) is 4.50. The van der Waals surface area contributed by atoms with Crippen molar-refractivity contribution in [3.8, 4) is 0 Å². The molecule has 96 valence electrons. The number of benzene rings is 1. The summed E-state index contributed by atoms with van der Waals surface area (Å²) in [4.78, 5) is 5.64. The van der Waals surface area contributed by atoms with E-state index < -0.39 is 0 Å². The highest BCUT2D eigenvalue weighted by molar-refractivity contribution is 7.09. The SMILES string of the molecule is CCCc1ccc(C(NC)c2scnc2C)cc1. The standard InChI is InChI=1S/C15H20N2S/c1-4-5-12-6-8-13(9-7-12)14(16-3)15-11(2)17-10-18-15/h6-10,14,16H,4-5H2,1-3H3. The normalized spacial score (nSPS) is 12.6. The van der Waals surface area contributed by atoms with E-state index in [1.807, 2.05) is 12.6 Å². The molecular formula is C15H20N2S.